The van der Waals surface area contributed by atoms with Gasteiger partial charge in [-0.25, -0.2) is 4.79 Å². The second-order valence-corrected chi connectivity index (χ2v) is 8.89. The number of hydrogen-bond donors (Lipinski definition) is 2. The molecule has 0 saturated carbocycles. The molecule has 36 heavy (non-hydrogen) atoms. The number of carbonyl (C=O) groups excluding carboxylic acids is 5. The predicted molar refractivity (Wildman–Crippen MR) is 128 cm³/mol. The number of imide groups is 2. The van der Waals surface area contributed by atoms with E-state index in [9.17, 15) is 33.9 Å². The van der Waals surface area contributed by atoms with Crippen LogP contribution in [0, 0.1) is 5.92 Å². The Bertz CT molecular complexity index is 1140. The van der Waals surface area contributed by atoms with E-state index in [1.54, 1.807) is 56.3 Å². The lowest BCUT2D eigenvalue weighted by molar-refractivity contribution is -0.146. The van der Waals surface area contributed by atoms with Crippen LogP contribution in [-0.4, -0.2) is 69.5 Å². The molecule has 2 atom stereocenters. The highest BCUT2D eigenvalue weighted by Gasteiger charge is 2.44. The Labute approximate surface area is 207 Å². The molecule has 0 saturated heterocycles. The van der Waals surface area contributed by atoms with Gasteiger partial charge in [-0.05, 0) is 30.0 Å². The molecule has 2 N–H and O–H groups in total. The van der Waals surface area contributed by atoms with Crippen molar-refractivity contribution >= 4 is 36.0 Å². The van der Waals surface area contributed by atoms with E-state index in [-0.39, 0.29) is 36.3 Å². The minimum Gasteiger partial charge on any atom is -0.480 e. The summed E-state index contributed by atoms with van der Waals surface area (Å²) in [6.45, 7) is 2.81. The highest BCUT2D eigenvalue weighted by atomic mass is 16.4. The number of nitrogens with one attached hydrogen (secondary N) is 1. The maximum absolute atomic E-state index is 13.3. The zero-order valence-corrected chi connectivity index (χ0v) is 19.9. The Kier molecular flexibility index (Phi) is 8.31. The van der Waals surface area contributed by atoms with E-state index in [0.717, 1.165) is 4.90 Å². The third-order valence-electron chi connectivity index (χ3n) is 5.76. The van der Waals surface area contributed by atoms with Crippen molar-refractivity contribution in [2.45, 2.75) is 38.8 Å². The highest BCUT2D eigenvalue weighted by molar-refractivity contribution is 6.23. The van der Waals surface area contributed by atoms with E-state index in [0.29, 0.717) is 10.5 Å². The Morgan fingerprint density at radius 3 is 2.03 bits per heavy atom. The van der Waals surface area contributed by atoms with Gasteiger partial charge in [-0.15, -0.1) is 0 Å². The Morgan fingerprint density at radius 1 is 0.972 bits per heavy atom. The standard InChI is InChI=1S/C26H27N3O7/c1-16(2)12-21(29-23(32)18-10-6-7-11-19(18)24(29)33)25(34)28(15-30)14-22(31)27-20(26(35)36)13-17-8-4-3-5-9-17/h3-11,15-16,20-21H,12-14H2,1-2H3,(H,27,31)(H,35,36)/t20-,21-/m0/s1. The number of nitrogens with zero attached hydrogens (tertiary/aromatic N) is 2. The summed E-state index contributed by atoms with van der Waals surface area (Å²) in [4.78, 5) is 76.7. The number of amides is 5. The minimum atomic E-state index is -1.31. The first kappa shape index (κ1) is 26.3. The number of rotatable bonds is 11. The topological polar surface area (TPSA) is 141 Å². The van der Waals surface area contributed by atoms with Gasteiger partial charge in [0.1, 0.15) is 18.6 Å². The smallest absolute Gasteiger partial charge is 0.326 e. The van der Waals surface area contributed by atoms with Crippen molar-refractivity contribution in [3.8, 4) is 0 Å². The van der Waals surface area contributed by atoms with Crippen molar-refractivity contribution in [1.82, 2.24) is 15.1 Å². The van der Waals surface area contributed by atoms with Crippen LogP contribution < -0.4 is 5.32 Å². The van der Waals surface area contributed by atoms with Crippen LogP contribution in [0.4, 0.5) is 0 Å². The van der Waals surface area contributed by atoms with Gasteiger partial charge >= 0.3 is 5.97 Å². The fourth-order valence-electron chi connectivity index (χ4n) is 4.06. The lowest BCUT2D eigenvalue weighted by Crippen LogP contribution is -2.54. The van der Waals surface area contributed by atoms with Crippen LogP contribution in [0.1, 0.15) is 46.5 Å². The molecule has 0 radical (unpaired) electrons. The maximum atomic E-state index is 13.3. The number of carboxylic acid groups (broad SMARTS) is 1. The lowest BCUT2D eigenvalue weighted by atomic mass is 10.0. The summed E-state index contributed by atoms with van der Waals surface area (Å²) < 4.78 is 0. The number of aliphatic carboxylic acids is 1. The second-order valence-electron chi connectivity index (χ2n) is 8.89. The van der Waals surface area contributed by atoms with Gasteiger partial charge in [-0.1, -0.05) is 56.3 Å². The van der Waals surface area contributed by atoms with E-state index in [2.05, 4.69) is 5.32 Å². The first-order valence-corrected chi connectivity index (χ1v) is 11.4. The van der Waals surface area contributed by atoms with Crippen LogP contribution >= 0.6 is 0 Å². The molecule has 0 bridgehead atoms. The van der Waals surface area contributed by atoms with Crippen LogP contribution in [0.3, 0.4) is 0 Å². The van der Waals surface area contributed by atoms with Gasteiger partial charge in [0, 0.05) is 6.42 Å². The fraction of sp³-hybridized carbons (Fsp3) is 0.308. The highest BCUT2D eigenvalue weighted by Crippen LogP contribution is 2.27. The number of hydrogen-bond acceptors (Lipinski definition) is 6. The normalized spacial score (nSPS) is 14.2. The fourth-order valence-corrected chi connectivity index (χ4v) is 4.06. The molecule has 0 spiro atoms. The molecule has 1 aliphatic heterocycles. The van der Waals surface area contributed by atoms with Gasteiger partial charge < -0.3 is 10.4 Å². The van der Waals surface area contributed by atoms with Crippen molar-refractivity contribution in [1.29, 1.82) is 0 Å². The van der Waals surface area contributed by atoms with Crippen LogP contribution in [0.2, 0.25) is 0 Å². The molecular formula is C26H27N3O7. The SMILES string of the molecule is CC(C)C[C@@H](C(=O)N(C=O)CC(=O)N[C@@H](Cc1ccccc1)C(=O)O)N1C(=O)c2ccccc2C1=O. The van der Waals surface area contributed by atoms with Crippen molar-refractivity contribution < 1.29 is 33.9 Å². The summed E-state index contributed by atoms with van der Waals surface area (Å²) in [6, 6.07) is 12.2. The summed E-state index contributed by atoms with van der Waals surface area (Å²) in [7, 11) is 0. The zero-order chi connectivity index (χ0) is 26.4. The maximum Gasteiger partial charge on any atom is 0.326 e. The molecule has 2 aromatic carbocycles. The van der Waals surface area contributed by atoms with E-state index in [1.165, 1.54) is 12.1 Å². The molecule has 188 valence electrons. The largest absolute Gasteiger partial charge is 0.480 e. The summed E-state index contributed by atoms with van der Waals surface area (Å²) in [6.07, 6.45) is 0.213. The van der Waals surface area contributed by atoms with Gasteiger partial charge in [0.25, 0.3) is 17.7 Å². The Morgan fingerprint density at radius 2 is 1.53 bits per heavy atom. The number of fused-ring (bicyclic) bond motifs is 1. The van der Waals surface area contributed by atoms with E-state index in [4.69, 9.17) is 0 Å². The molecule has 2 aromatic rings. The van der Waals surface area contributed by atoms with E-state index < -0.39 is 48.2 Å². The number of benzene rings is 2. The van der Waals surface area contributed by atoms with Crippen LogP contribution in [0.5, 0.6) is 0 Å². The summed E-state index contributed by atoms with van der Waals surface area (Å²) >= 11 is 0. The van der Waals surface area contributed by atoms with Crippen molar-refractivity contribution in [3.05, 3.63) is 71.3 Å². The molecule has 10 heteroatoms. The van der Waals surface area contributed by atoms with Gasteiger partial charge in [-0.2, -0.15) is 0 Å². The minimum absolute atomic E-state index is 0.00195. The van der Waals surface area contributed by atoms with E-state index >= 15 is 0 Å². The molecule has 1 heterocycles. The lowest BCUT2D eigenvalue weighted by Gasteiger charge is -2.29. The number of carboxylic acids is 1. The average Bonchev–Trinajstić information content (AvgIpc) is 3.10. The number of carbonyl (C=O) groups is 6. The van der Waals surface area contributed by atoms with Crippen LogP contribution in [-0.2, 0) is 25.6 Å². The molecule has 5 amide bonds. The molecule has 0 aliphatic carbocycles. The molecule has 1 aliphatic rings. The van der Waals surface area contributed by atoms with Crippen LogP contribution in [0.25, 0.3) is 0 Å². The van der Waals surface area contributed by atoms with E-state index in [1.807, 2.05) is 0 Å². The zero-order valence-electron chi connectivity index (χ0n) is 19.9. The predicted octanol–water partition coefficient (Wildman–Crippen LogP) is 1.49. The first-order chi connectivity index (χ1) is 17.1. The van der Waals surface area contributed by atoms with Gasteiger partial charge in [0.15, 0.2) is 0 Å². The van der Waals surface area contributed by atoms with Crippen molar-refractivity contribution in [3.63, 3.8) is 0 Å². The Hall–Kier alpha value is -4.34. The average molecular weight is 494 g/mol. The third-order valence-corrected chi connectivity index (χ3v) is 5.76. The molecule has 3 rings (SSSR count). The van der Waals surface area contributed by atoms with Crippen molar-refractivity contribution in [2.24, 2.45) is 5.92 Å². The molecule has 10 nitrogen and oxygen atoms in total. The van der Waals surface area contributed by atoms with Gasteiger partial charge in [0.05, 0.1) is 11.1 Å². The molecule has 0 unspecified atom stereocenters. The molecule has 0 fully saturated rings. The summed E-state index contributed by atoms with van der Waals surface area (Å²) in [5.74, 6) is -4.49. The third kappa shape index (κ3) is 5.83. The molecule has 0 aromatic heterocycles. The summed E-state index contributed by atoms with van der Waals surface area (Å²) in [5, 5.41) is 11.8. The quantitative estimate of drug-likeness (QED) is 0.357. The van der Waals surface area contributed by atoms with Crippen molar-refractivity contribution in [2.75, 3.05) is 6.54 Å². The van der Waals surface area contributed by atoms with Gasteiger partial charge in [-0.3, -0.25) is 33.8 Å². The molecular weight excluding hydrogens is 466 g/mol. The summed E-state index contributed by atoms with van der Waals surface area (Å²) in [5.41, 5.74) is 0.991. The van der Waals surface area contributed by atoms with Gasteiger partial charge in [0.2, 0.25) is 12.3 Å². The monoisotopic (exact) mass is 493 g/mol. The van der Waals surface area contributed by atoms with Crippen LogP contribution in [0.15, 0.2) is 54.6 Å². The Balaban J connectivity index is 1.77. The second kappa shape index (κ2) is 11.4. The first-order valence-electron chi connectivity index (χ1n) is 11.4.